The van der Waals surface area contributed by atoms with Crippen LogP contribution in [0, 0.1) is 0 Å². The van der Waals surface area contributed by atoms with Crippen LogP contribution in [-0.4, -0.2) is 49.8 Å². The lowest BCUT2D eigenvalue weighted by molar-refractivity contribution is -0.172. The molecule has 2 aliphatic rings. The number of methoxy groups -OCH3 is 1. The van der Waals surface area contributed by atoms with Gasteiger partial charge in [-0.05, 0) is 25.3 Å². The van der Waals surface area contributed by atoms with Crippen molar-refractivity contribution in [1.29, 1.82) is 0 Å². The van der Waals surface area contributed by atoms with Gasteiger partial charge in [0.15, 0.2) is 0 Å². The van der Waals surface area contributed by atoms with Crippen LogP contribution in [0.3, 0.4) is 0 Å². The molecule has 2 saturated heterocycles. The van der Waals surface area contributed by atoms with Gasteiger partial charge in [0.2, 0.25) is 5.91 Å². The van der Waals surface area contributed by atoms with Gasteiger partial charge >= 0.3 is 0 Å². The highest BCUT2D eigenvalue weighted by Crippen LogP contribution is 2.36. The zero-order valence-electron chi connectivity index (χ0n) is 13.8. The van der Waals surface area contributed by atoms with Crippen LogP contribution in [-0.2, 0) is 16.1 Å². The summed E-state index contributed by atoms with van der Waals surface area (Å²) < 4.78 is 11.0. The quantitative estimate of drug-likeness (QED) is 0.871. The number of hydrogen-bond donors (Lipinski definition) is 1. The first-order valence-corrected chi connectivity index (χ1v) is 8.46. The number of nitrogens with zero attached hydrogens (tertiary/aromatic N) is 1. The standard InChI is InChI=1S/C18H26N2O3/c1-22-16-5-3-2-4-15(16)14-19-17(21)6-10-20-11-7-18(8-12-20)9-13-23-18/h2-5H,6-14H2,1H3,(H,19,21). The molecule has 1 amide bonds. The Labute approximate surface area is 137 Å². The molecule has 0 aliphatic carbocycles. The number of para-hydroxylation sites is 1. The molecule has 1 spiro atoms. The lowest BCUT2D eigenvalue weighted by Crippen LogP contribution is -2.52. The monoisotopic (exact) mass is 318 g/mol. The van der Waals surface area contributed by atoms with Crippen molar-refractivity contribution < 1.29 is 14.3 Å². The van der Waals surface area contributed by atoms with E-state index in [9.17, 15) is 4.79 Å². The van der Waals surface area contributed by atoms with Gasteiger partial charge in [0.1, 0.15) is 5.75 Å². The van der Waals surface area contributed by atoms with Crippen LogP contribution in [0.15, 0.2) is 24.3 Å². The minimum absolute atomic E-state index is 0.0936. The molecule has 0 saturated carbocycles. The van der Waals surface area contributed by atoms with E-state index in [4.69, 9.17) is 9.47 Å². The molecule has 23 heavy (non-hydrogen) atoms. The predicted octanol–water partition coefficient (Wildman–Crippen LogP) is 1.96. The maximum atomic E-state index is 12.1. The molecule has 0 radical (unpaired) electrons. The fourth-order valence-corrected chi connectivity index (χ4v) is 3.36. The van der Waals surface area contributed by atoms with Gasteiger partial charge in [-0.25, -0.2) is 0 Å². The highest BCUT2D eigenvalue weighted by Gasteiger charge is 2.40. The van der Waals surface area contributed by atoms with Crippen LogP contribution in [0.25, 0.3) is 0 Å². The summed E-state index contributed by atoms with van der Waals surface area (Å²) in [6.07, 6.45) is 3.97. The number of piperidine rings is 1. The van der Waals surface area contributed by atoms with Crippen molar-refractivity contribution in [2.24, 2.45) is 0 Å². The van der Waals surface area contributed by atoms with Crippen LogP contribution in [0.4, 0.5) is 0 Å². The number of carbonyl (C=O) groups excluding carboxylic acids is 1. The third kappa shape index (κ3) is 4.03. The van der Waals surface area contributed by atoms with Crippen molar-refractivity contribution in [3.63, 3.8) is 0 Å². The van der Waals surface area contributed by atoms with Crippen LogP contribution < -0.4 is 10.1 Å². The average molecular weight is 318 g/mol. The van der Waals surface area contributed by atoms with E-state index in [0.29, 0.717) is 13.0 Å². The highest BCUT2D eigenvalue weighted by molar-refractivity contribution is 5.76. The van der Waals surface area contributed by atoms with Gasteiger partial charge < -0.3 is 19.7 Å². The Morgan fingerprint density at radius 3 is 2.70 bits per heavy atom. The van der Waals surface area contributed by atoms with Crippen molar-refractivity contribution >= 4 is 5.91 Å². The molecule has 0 bridgehead atoms. The number of amides is 1. The van der Waals surface area contributed by atoms with Crippen LogP contribution in [0.5, 0.6) is 5.75 Å². The van der Waals surface area contributed by atoms with Gasteiger partial charge in [-0.15, -0.1) is 0 Å². The molecule has 2 heterocycles. The minimum atomic E-state index is 0.0936. The number of nitrogens with one attached hydrogen (secondary N) is 1. The summed E-state index contributed by atoms with van der Waals surface area (Å²) in [5, 5.41) is 2.98. The van der Waals surface area contributed by atoms with Crippen LogP contribution in [0.2, 0.25) is 0 Å². The molecule has 5 nitrogen and oxygen atoms in total. The van der Waals surface area contributed by atoms with E-state index in [1.165, 1.54) is 6.42 Å². The maximum Gasteiger partial charge on any atom is 0.221 e. The van der Waals surface area contributed by atoms with Crippen LogP contribution >= 0.6 is 0 Å². The van der Waals surface area contributed by atoms with E-state index < -0.39 is 0 Å². The zero-order chi connectivity index (χ0) is 16.1. The summed E-state index contributed by atoms with van der Waals surface area (Å²) >= 11 is 0. The lowest BCUT2D eigenvalue weighted by Gasteiger charge is -2.47. The Morgan fingerprint density at radius 2 is 2.04 bits per heavy atom. The molecule has 0 unspecified atom stereocenters. The van der Waals surface area contributed by atoms with E-state index in [2.05, 4.69) is 10.2 Å². The largest absolute Gasteiger partial charge is 0.496 e. The summed E-state index contributed by atoms with van der Waals surface area (Å²) in [5.74, 6) is 0.908. The fraction of sp³-hybridized carbons (Fsp3) is 0.611. The number of ether oxygens (including phenoxy) is 2. The molecule has 2 aliphatic heterocycles. The smallest absolute Gasteiger partial charge is 0.221 e. The van der Waals surface area contributed by atoms with Crippen molar-refractivity contribution in [3.8, 4) is 5.75 Å². The Hall–Kier alpha value is -1.59. The second kappa shape index (κ2) is 7.32. The Bertz CT molecular complexity index is 533. The summed E-state index contributed by atoms with van der Waals surface area (Å²) in [6, 6.07) is 7.77. The Kier molecular flexibility index (Phi) is 5.18. The molecule has 0 atom stereocenters. The van der Waals surface area contributed by atoms with E-state index in [-0.39, 0.29) is 11.5 Å². The van der Waals surface area contributed by atoms with Crippen molar-refractivity contribution in [3.05, 3.63) is 29.8 Å². The summed E-state index contributed by atoms with van der Waals surface area (Å²) in [5.41, 5.74) is 1.19. The molecular weight excluding hydrogens is 292 g/mol. The Morgan fingerprint density at radius 1 is 1.30 bits per heavy atom. The molecular formula is C18H26N2O3. The highest BCUT2D eigenvalue weighted by atomic mass is 16.5. The summed E-state index contributed by atoms with van der Waals surface area (Å²) in [4.78, 5) is 14.4. The predicted molar refractivity (Wildman–Crippen MR) is 88.4 cm³/mol. The number of carbonyl (C=O) groups is 1. The van der Waals surface area contributed by atoms with Crippen molar-refractivity contribution in [2.75, 3.05) is 33.4 Å². The molecule has 1 N–H and O–H groups in total. The van der Waals surface area contributed by atoms with Gasteiger partial charge in [0.05, 0.1) is 19.3 Å². The summed E-state index contributed by atoms with van der Waals surface area (Å²) in [7, 11) is 1.65. The number of hydrogen-bond acceptors (Lipinski definition) is 4. The second-order valence-electron chi connectivity index (χ2n) is 6.46. The molecule has 1 aromatic carbocycles. The van der Waals surface area contributed by atoms with Gasteiger partial charge in [0, 0.05) is 38.2 Å². The molecule has 0 aromatic heterocycles. The van der Waals surface area contributed by atoms with E-state index in [1.807, 2.05) is 24.3 Å². The first-order chi connectivity index (χ1) is 11.2. The number of likely N-dealkylation sites (tertiary alicyclic amines) is 1. The Balaban J connectivity index is 1.37. The third-order valence-corrected chi connectivity index (χ3v) is 5.06. The van der Waals surface area contributed by atoms with Gasteiger partial charge in [0.25, 0.3) is 0 Å². The summed E-state index contributed by atoms with van der Waals surface area (Å²) in [6.45, 7) is 4.35. The average Bonchev–Trinajstić information content (AvgIpc) is 2.57. The van der Waals surface area contributed by atoms with E-state index in [1.54, 1.807) is 7.11 Å². The lowest BCUT2D eigenvalue weighted by atomic mass is 9.84. The van der Waals surface area contributed by atoms with E-state index in [0.717, 1.165) is 50.4 Å². The molecule has 126 valence electrons. The first kappa shape index (κ1) is 16.3. The molecule has 5 heteroatoms. The van der Waals surface area contributed by atoms with Gasteiger partial charge in [-0.3, -0.25) is 4.79 Å². The fourth-order valence-electron chi connectivity index (χ4n) is 3.36. The maximum absolute atomic E-state index is 12.1. The molecule has 2 fully saturated rings. The van der Waals surface area contributed by atoms with Crippen molar-refractivity contribution in [2.45, 2.75) is 37.8 Å². The minimum Gasteiger partial charge on any atom is -0.496 e. The SMILES string of the molecule is COc1ccccc1CNC(=O)CCN1CCC2(CCO2)CC1. The molecule has 1 aromatic rings. The van der Waals surface area contributed by atoms with E-state index >= 15 is 0 Å². The van der Waals surface area contributed by atoms with Crippen LogP contribution in [0.1, 0.15) is 31.2 Å². The third-order valence-electron chi connectivity index (χ3n) is 5.06. The normalized spacial score (nSPS) is 20.0. The zero-order valence-corrected chi connectivity index (χ0v) is 13.8. The number of benzene rings is 1. The first-order valence-electron chi connectivity index (χ1n) is 8.46. The number of rotatable bonds is 6. The van der Waals surface area contributed by atoms with Crippen molar-refractivity contribution in [1.82, 2.24) is 10.2 Å². The topological polar surface area (TPSA) is 50.8 Å². The van der Waals surface area contributed by atoms with Gasteiger partial charge in [-0.1, -0.05) is 18.2 Å². The van der Waals surface area contributed by atoms with Gasteiger partial charge in [-0.2, -0.15) is 0 Å². The molecule has 3 rings (SSSR count). The second-order valence-corrected chi connectivity index (χ2v) is 6.46.